The van der Waals surface area contributed by atoms with Crippen molar-refractivity contribution in [1.29, 1.82) is 0 Å². The maximum atomic E-state index is 3.48. The Hall–Kier alpha value is -1.95. The molecule has 3 aromatic carbocycles. The van der Waals surface area contributed by atoms with Gasteiger partial charge in [-0.25, -0.2) is 0 Å². The number of nitrogens with one attached hydrogen (secondary N) is 1. The van der Waals surface area contributed by atoms with E-state index < -0.39 is 0 Å². The molecule has 0 fully saturated rings. The van der Waals surface area contributed by atoms with Gasteiger partial charge in [0.25, 0.3) is 0 Å². The lowest BCUT2D eigenvalue weighted by Crippen LogP contribution is -2.21. The summed E-state index contributed by atoms with van der Waals surface area (Å²) in [4.78, 5) is 0. The first-order valence-corrected chi connectivity index (χ1v) is 15.1. The predicted molar refractivity (Wildman–Crippen MR) is 179 cm³/mol. The highest BCUT2D eigenvalue weighted by molar-refractivity contribution is 7.28. The minimum Gasteiger partial charge on any atom is -0.313 e. The molecule has 0 aliphatic heterocycles. The Bertz CT molecular complexity index is 1270. The highest BCUT2D eigenvalue weighted by Gasteiger charge is 2.26. The van der Waals surface area contributed by atoms with Crippen LogP contribution in [0.1, 0.15) is 124 Å². The second-order valence-electron chi connectivity index (χ2n) is 15.6. The lowest BCUT2D eigenvalue weighted by atomic mass is 9.76. The zero-order valence-corrected chi connectivity index (χ0v) is 28.4. The van der Waals surface area contributed by atoms with Crippen molar-refractivity contribution in [3.8, 4) is 22.3 Å². The summed E-state index contributed by atoms with van der Waals surface area (Å²) in [7, 11) is 5.17. The molecule has 0 bridgehead atoms. The zero-order valence-electron chi connectivity index (χ0n) is 27.3. The van der Waals surface area contributed by atoms with E-state index in [1.165, 1.54) is 55.4 Å². The Kier molecular flexibility index (Phi) is 8.74. The average Bonchev–Trinajstić information content (AvgIpc) is 2.80. The summed E-state index contributed by atoms with van der Waals surface area (Å²) in [5, 5.41) is 4.75. The van der Waals surface area contributed by atoms with Crippen LogP contribution in [0.4, 0.5) is 0 Å². The van der Waals surface area contributed by atoms with E-state index in [0.29, 0.717) is 0 Å². The molecule has 0 saturated heterocycles. The summed E-state index contributed by atoms with van der Waals surface area (Å²) in [5.74, 6) is 0. The molecule has 3 rings (SSSR count). The molecular formula is C37H54NP. The van der Waals surface area contributed by atoms with E-state index in [1.807, 2.05) is 7.05 Å². The first kappa shape index (κ1) is 31.6. The lowest BCUT2D eigenvalue weighted by molar-refractivity contribution is 0.568. The molecule has 1 N–H and O–H groups in total. The monoisotopic (exact) mass is 543 g/mol. The van der Waals surface area contributed by atoms with Gasteiger partial charge in [-0.1, -0.05) is 132 Å². The standard InChI is InChI=1S/C37H54NP/c1-23(38-14)30-15-16-31(24-17-26(34(2,3)4)21-27(18-24)35(5,6)7)32(33(30)39)25-19-28(36(8,9)10)22-29(20-25)37(11,12)13/h15-23,38H,39H2,1-14H3/t23-/m0/s1. The van der Waals surface area contributed by atoms with E-state index in [4.69, 9.17) is 0 Å². The van der Waals surface area contributed by atoms with Crippen LogP contribution in [-0.4, -0.2) is 7.05 Å². The fourth-order valence-electron chi connectivity index (χ4n) is 5.01. The number of hydrogen-bond acceptors (Lipinski definition) is 1. The van der Waals surface area contributed by atoms with E-state index in [-0.39, 0.29) is 27.7 Å². The smallest absolute Gasteiger partial charge is 0.0295 e. The topological polar surface area (TPSA) is 12.0 Å². The van der Waals surface area contributed by atoms with Gasteiger partial charge < -0.3 is 5.32 Å². The van der Waals surface area contributed by atoms with Gasteiger partial charge in [-0.2, -0.15) is 0 Å². The van der Waals surface area contributed by atoms with Crippen LogP contribution in [0.25, 0.3) is 22.3 Å². The highest BCUT2D eigenvalue weighted by atomic mass is 31.0. The lowest BCUT2D eigenvalue weighted by Gasteiger charge is -2.29. The minimum atomic E-state index is 0.0542. The number of benzene rings is 3. The zero-order chi connectivity index (χ0) is 29.7. The molecule has 0 aromatic heterocycles. The molecule has 1 unspecified atom stereocenters. The summed E-state index contributed by atoms with van der Waals surface area (Å²) in [5.41, 5.74) is 12.3. The third-order valence-electron chi connectivity index (χ3n) is 8.11. The van der Waals surface area contributed by atoms with E-state index in [2.05, 4.69) is 153 Å². The molecule has 0 heterocycles. The van der Waals surface area contributed by atoms with Gasteiger partial charge in [0.2, 0.25) is 0 Å². The van der Waals surface area contributed by atoms with Gasteiger partial charge in [0, 0.05) is 6.04 Å². The molecule has 2 atom stereocenters. The maximum Gasteiger partial charge on any atom is 0.0295 e. The Morgan fingerprint density at radius 2 is 0.923 bits per heavy atom. The number of hydrogen-bond donors (Lipinski definition) is 1. The third kappa shape index (κ3) is 7.04. The molecule has 212 valence electrons. The van der Waals surface area contributed by atoms with Crippen molar-refractivity contribution in [3.63, 3.8) is 0 Å². The maximum absolute atomic E-state index is 3.48. The van der Waals surface area contributed by atoms with E-state index in [0.717, 1.165) is 0 Å². The average molecular weight is 544 g/mol. The second-order valence-corrected chi connectivity index (χ2v) is 16.2. The molecular weight excluding hydrogens is 489 g/mol. The van der Waals surface area contributed by atoms with E-state index in [1.54, 1.807) is 0 Å². The second kappa shape index (κ2) is 10.8. The van der Waals surface area contributed by atoms with Crippen molar-refractivity contribution >= 4 is 14.5 Å². The van der Waals surface area contributed by atoms with Gasteiger partial charge in [0.05, 0.1) is 0 Å². The van der Waals surface area contributed by atoms with Crippen LogP contribution < -0.4 is 10.6 Å². The first-order valence-electron chi connectivity index (χ1n) is 14.6. The van der Waals surface area contributed by atoms with Crippen molar-refractivity contribution < 1.29 is 0 Å². The SMILES string of the molecule is CN[C@@H](C)c1ccc(-c2cc(C(C)(C)C)cc(C(C)(C)C)c2)c(-c2cc(C(C)(C)C)cc(C(C)(C)C)c2)c1P. The van der Waals surface area contributed by atoms with Crippen molar-refractivity contribution in [3.05, 3.63) is 76.3 Å². The predicted octanol–water partition coefficient (Wildman–Crippen LogP) is 9.99. The van der Waals surface area contributed by atoms with Crippen molar-refractivity contribution in [2.24, 2.45) is 0 Å². The normalized spacial score (nSPS) is 14.0. The largest absolute Gasteiger partial charge is 0.313 e. The fourth-order valence-corrected chi connectivity index (χ4v) is 5.68. The van der Waals surface area contributed by atoms with Gasteiger partial charge in [-0.3, -0.25) is 0 Å². The van der Waals surface area contributed by atoms with Crippen molar-refractivity contribution in [1.82, 2.24) is 5.32 Å². The summed E-state index contributed by atoms with van der Waals surface area (Å²) in [6, 6.07) is 19.5. The molecule has 1 nitrogen and oxygen atoms in total. The molecule has 0 spiro atoms. The van der Waals surface area contributed by atoms with Crippen LogP contribution in [0.3, 0.4) is 0 Å². The number of rotatable bonds is 4. The van der Waals surface area contributed by atoms with Gasteiger partial charge in [-0.15, -0.1) is 9.24 Å². The molecule has 0 amide bonds. The minimum absolute atomic E-state index is 0.0542. The van der Waals surface area contributed by atoms with E-state index in [9.17, 15) is 0 Å². The van der Waals surface area contributed by atoms with Crippen LogP contribution in [0, 0.1) is 0 Å². The van der Waals surface area contributed by atoms with Crippen molar-refractivity contribution in [2.45, 2.75) is 118 Å². The summed E-state index contributed by atoms with van der Waals surface area (Å²) >= 11 is 0. The summed E-state index contributed by atoms with van der Waals surface area (Å²) in [6.07, 6.45) is 0. The fraction of sp³-hybridized carbons (Fsp3) is 0.514. The highest BCUT2D eigenvalue weighted by Crippen LogP contribution is 2.41. The molecule has 2 heteroatoms. The first-order chi connectivity index (χ1) is 17.6. The summed E-state index contributed by atoms with van der Waals surface area (Å²) in [6.45, 7) is 30.1. The Balaban J connectivity index is 2.51. The quantitative estimate of drug-likeness (QED) is 0.323. The molecule has 3 aromatic rings. The van der Waals surface area contributed by atoms with Crippen LogP contribution in [0.15, 0.2) is 48.5 Å². The molecule has 39 heavy (non-hydrogen) atoms. The Morgan fingerprint density at radius 3 is 1.26 bits per heavy atom. The van der Waals surface area contributed by atoms with Gasteiger partial charge in [-0.05, 0) is 91.0 Å². The van der Waals surface area contributed by atoms with Crippen molar-refractivity contribution in [2.75, 3.05) is 7.05 Å². The molecule has 0 aliphatic rings. The van der Waals surface area contributed by atoms with Crippen LogP contribution >= 0.6 is 9.24 Å². The van der Waals surface area contributed by atoms with Crippen LogP contribution in [-0.2, 0) is 21.7 Å². The third-order valence-corrected chi connectivity index (χ3v) is 8.73. The van der Waals surface area contributed by atoms with Gasteiger partial charge >= 0.3 is 0 Å². The molecule has 0 aliphatic carbocycles. The van der Waals surface area contributed by atoms with Gasteiger partial charge in [0.1, 0.15) is 0 Å². The Labute approximate surface area is 242 Å². The van der Waals surface area contributed by atoms with Gasteiger partial charge in [0.15, 0.2) is 0 Å². The van der Waals surface area contributed by atoms with Crippen LogP contribution in [0.5, 0.6) is 0 Å². The molecule has 0 saturated carbocycles. The Morgan fingerprint density at radius 1 is 0.564 bits per heavy atom. The summed E-state index contributed by atoms with van der Waals surface area (Å²) < 4.78 is 0. The van der Waals surface area contributed by atoms with Crippen LogP contribution in [0.2, 0.25) is 0 Å². The van der Waals surface area contributed by atoms with E-state index >= 15 is 0 Å². The molecule has 0 radical (unpaired) electrons.